The largest absolute Gasteiger partial charge is 0.496 e. The van der Waals surface area contributed by atoms with E-state index in [0.717, 1.165) is 22.4 Å². The number of hydrogen-bond donors (Lipinski definition) is 1. The topological polar surface area (TPSA) is 59.9 Å². The number of anilines is 2. The second kappa shape index (κ2) is 8.47. The molecule has 0 atom stereocenters. The van der Waals surface area contributed by atoms with Crippen molar-refractivity contribution in [2.45, 2.75) is 6.92 Å². The van der Waals surface area contributed by atoms with Gasteiger partial charge in [0, 0.05) is 40.4 Å². The Labute approximate surface area is 178 Å². The van der Waals surface area contributed by atoms with E-state index < -0.39 is 5.82 Å². The van der Waals surface area contributed by atoms with Gasteiger partial charge >= 0.3 is 0 Å². The van der Waals surface area contributed by atoms with Gasteiger partial charge in [0.05, 0.1) is 12.7 Å². The van der Waals surface area contributed by atoms with Gasteiger partial charge in [-0.25, -0.2) is 14.4 Å². The lowest BCUT2D eigenvalue weighted by Crippen LogP contribution is -2.03. The van der Waals surface area contributed by atoms with Crippen molar-refractivity contribution in [3.05, 3.63) is 83.5 Å². The van der Waals surface area contributed by atoms with E-state index >= 15 is 0 Å². The average Bonchev–Trinajstić information content (AvgIpc) is 2.77. The lowest BCUT2D eigenvalue weighted by Gasteiger charge is -2.16. The van der Waals surface area contributed by atoms with Crippen LogP contribution in [0.3, 0.4) is 0 Å². The first-order valence-electron chi connectivity index (χ1n) is 9.20. The van der Waals surface area contributed by atoms with E-state index in [-0.39, 0.29) is 11.4 Å². The van der Waals surface area contributed by atoms with E-state index in [1.807, 2.05) is 37.3 Å². The summed E-state index contributed by atoms with van der Waals surface area (Å²) in [6.45, 7) is 1.94. The molecule has 4 rings (SSSR count). The molecule has 2 heterocycles. The number of pyridine rings is 1. The molecule has 1 N–H and O–H groups in total. The van der Waals surface area contributed by atoms with Gasteiger partial charge in [-0.2, -0.15) is 0 Å². The number of aromatic nitrogens is 3. The Morgan fingerprint density at radius 1 is 1.00 bits per heavy atom. The van der Waals surface area contributed by atoms with Crippen molar-refractivity contribution < 1.29 is 9.13 Å². The summed E-state index contributed by atoms with van der Waals surface area (Å²) in [7, 11) is 1.61. The Kier molecular flexibility index (Phi) is 5.59. The number of nitrogens with one attached hydrogen (secondary N) is 1. The van der Waals surface area contributed by atoms with E-state index in [9.17, 15) is 4.39 Å². The number of para-hydroxylation sites is 1. The summed E-state index contributed by atoms with van der Waals surface area (Å²) in [6, 6.07) is 13.7. The Balaban J connectivity index is 1.90. The Bertz CT molecular complexity index is 1220. The molecular formula is C23H18ClFN4O. The zero-order valence-electron chi connectivity index (χ0n) is 16.4. The van der Waals surface area contributed by atoms with Gasteiger partial charge in [0.2, 0.25) is 0 Å². The van der Waals surface area contributed by atoms with Crippen molar-refractivity contribution in [1.82, 2.24) is 15.0 Å². The minimum absolute atomic E-state index is 0.225. The molecule has 7 heteroatoms. The van der Waals surface area contributed by atoms with Crippen molar-refractivity contribution in [1.29, 1.82) is 0 Å². The molecule has 2 aromatic carbocycles. The molecule has 0 spiro atoms. The van der Waals surface area contributed by atoms with Crippen LogP contribution in [0.25, 0.3) is 22.5 Å². The fourth-order valence-electron chi connectivity index (χ4n) is 3.08. The normalized spacial score (nSPS) is 10.7. The molecule has 0 saturated heterocycles. The van der Waals surface area contributed by atoms with Crippen LogP contribution in [-0.2, 0) is 0 Å². The monoisotopic (exact) mass is 420 g/mol. The van der Waals surface area contributed by atoms with Crippen LogP contribution in [0.4, 0.5) is 15.9 Å². The maximum absolute atomic E-state index is 14.4. The van der Waals surface area contributed by atoms with Gasteiger partial charge in [-0.15, -0.1) is 0 Å². The minimum Gasteiger partial charge on any atom is -0.496 e. The highest BCUT2D eigenvalue weighted by Gasteiger charge is 2.17. The van der Waals surface area contributed by atoms with E-state index in [0.29, 0.717) is 16.6 Å². The average molecular weight is 421 g/mol. The van der Waals surface area contributed by atoms with Crippen LogP contribution in [0.1, 0.15) is 5.56 Å². The number of aryl methyl sites for hydroxylation is 1. The molecule has 2 aromatic heterocycles. The van der Waals surface area contributed by atoms with Crippen molar-refractivity contribution in [3.8, 4) is 28.3 Å². The van der Waals surface area contributed by atoms with Crippen LogP contribution >= 0.6 is 11.6 Å². The van der Waals surface area contributed by atoms with E-state index in [1.54, 1.807) is 25.7 Å². The highest BCUT2D eigenvalue weighted by atomic mass is 35.5. The van der Waals surface area contributed by atoms with Crippen LogP contribution in [0.2, 0.25) is 5.02 Å². The van der Waals surface area contributed by atoms with Crippen LogP contribution in [0, 0.1) is 12.7 Å². The predicted octanol–water partition coefficient (Wildman–Crippen LogP) is 6.06. The van der Waals surface area contributed by atoms with Gasteiger partial charge in [-0.3, -0.25) is 4.98 Å². The summed E-state index contributed by atoms with van der Waals surface area (Å²) >= 11 is 6.06. The molecule has 0 aliphatic carbocycles. The lowest BCUT2D eigenvalue weighted by atomic mass is 10.1. The third kappa shape index (κ3) is 3.95. The number of methoxy groups -OCH3 is 1. The summed E-state index contributed by atoms with van der Waals surface area (Å²) in [5.74, 6) is 0.966. The zero-order valence-corrected chi connectivity index (χ0v) is 17.1. The number of rotatable bonds is 5. The van der Waals surface area contributed by atoms with Gasteiger partial charge in [-0.1, -0.05) is 29.8 Å². The zero-order chi connectivity index (χ0) is 21.1. The van der Waals surface area contributed by atoms with Gasteiger partial charge < -0.3 is 10.1 Å². The fraction of sp³-hybridized carbons (Fsp3) is 0.0870. The molecule has 0 amide bonds. The fourth-order valence-corrected chi connectivity index (χ4v) is 3.25. The van der Waals surface area contributed by atoms with Crippen molar-refractivity contribution >= 4 is 23.1 Å². The van der Waals surface area contributed by atoms with Crippen LogP contribution in [0.15, 0.2) is 67.1 Å². The van der Waals surface area contributed by atoms with Crippen LogP contribution in [0.5, 0.6) is 5.75 Å². The number of halogens is 2. The Hall–Kier alpha value is -3.51. The first kappa shape index (κ1) is 19.8. The molecule has 4 aromatic rings. The molecular weight excluding hydrogens is 403 g/mol. The summed E-state index contributed by atoms with van der Waals surface area (Å²) in [6.07, 6.45) is 5.10. The molecule has 0 aliphatic rings. The SMILES string of the molecule is COc1ccccc1-c1cnc(-c2cc(Cl)ccc2F)nc1Nc1ccncc1C. The van der Waals surface area contributed by atoms with Crippen molar-refractivity contribution in [3.63, 3.8) is 0 Å². The van der Waals surface area contributed by atoms with Gasteiger partial charge in [0.15, 0.2) is 5.82 Å². The second-order valence-corrected chi connectivity index (χ2v) is 7.03. The molecule has 150 valence electrons. The third-order valence-corrected chi connectivity index (χ3v) is 4.86. The van der Waals surface area contributed by atoms with Gasteiger partial charge in [0.1, 0.15) is 17.4 Å². The van der Waals surface area contributed by atoms with Crippen LogP contribution < -0.4 is 10.1 Å². The quantitative estimate of drug-likeness (QED) is 0.425. The second-order valence-electron chi connectivity index (χ2n) is 6.60. The van der Waals surface area contributed by atoms with Gasteiger partial charge in [0.25, 0.3) is 0 Å². The van der Waals surface area contributed by atoms with Crippen molar-refractivity contribution in [2.75, 3.05) is 12.4 Å². The number of benzene rings is 2. The number of ether oxygens (including phenoxy) is 1. The molecule has 5 nitrogen and oxygen atoms in total. The summed E-state index contributed by atoms with van der Waals surface area (Å²) < 4.78 is 19.9. The molecule has 0 unspecified atom stereocenters. The van der Waals surface area contributed by atoms with E-state index in [1.165, 1.54) is 18.2 Å². The summed E-state index contributed by atoms with van der Waals surface area (Å²) in [5, 5.41) is 3.74. The Morgan fingerprint density at radius 2 is 1.83 bits per heavy atom. The van der Waals surface area contributed by atoms with Crippen molar-refractivity contribution in [2.24, 2.45) is 0 Å². The highest BCUT2D eigenvalue weighted by molar-refractivity contribution is 6.30. The third-order valence-electron chi connectivity index (χ3n) is 4.63. The first-order valence-corrected chi connectivity index (χ1v) is 9.58. The lowest BCUT2D eigenvalue weighted by molar-refractivity contribution is 0.416. The highest BCUT2D eigenvalue weighted by Crippen LogP contribution is 2.36. The predicted molar refractivity (Wildman–Crippen MR) is 117 cm³/mol. The summed E-state index contributed by atoms with van der Waals surface area (Å²) in [4.78, 5) is 13.2. The summed E-state index contributed by atoms with van der Waals surface area (Å²) in [5.41, 5.74) is 3.53. The van der Waals surface area contributed by atoms with E-state index in [4.69, 9.17) is 16.3 Å². The maximum atomic E-state index is 14.4. The maximum Gasteiger partial charge on any atom is 0.164 e. The standard InChI is InChI=1S/C23H18ClFN4O/c1-14-12-26-10-9-20(14)28-23-18(16-5-3-4-6-21(16)30-2)13-27-22(29-23)17-11-15(24)7-8-19(17)25/h3-13H,1-2H3,(H,26,27,28,29). The number of nitrogens with zero attached hydrogens (tertiary/aromatic N) is 3. The van der Waals surface area contributed by atoms with Gasteiger partial charge in [-0.05, 0) is 42.8 Å². The molecule has 0 bridgehead atoms. The molecule has 30 heavy (non-hydrogen) atoms. The molecule has 0 radical (unpaired) electrons. The van der Waals surface area contributed by atoms with E-state index in [2.05, 4.69) is 20.3 Å². The first-order chi connectivity index (χ1) is 14.6. The van der Waals surface area contributed by atoms with Crippen LogP contribution in [-0.4, -0.2) is 22.1 Å². The molecule has 0 fully saturated rings. The molecule has 0 saturated carbocycles. The number of hydrogen-bond acceptors (Lipinski definition) is 5. The minimum atomic E-state index is -0.449. The Morgan fingerprint density at radius 3 is 2.63 bits per heavy atom. The molecule has 0 aliphatic heterocycles. The smallest absolute Gasteiger partial charge is 0.164 e.